The second-order valence-electron chi connectivity index (χ2n) is 7.69. The van der Waals surface area contributed by atoms with Gasteiger partial charge in [-0.25, -0.2) is 9.67 Å². The molecule has 0 saturated heterocycles. The van der Waals surface area contributed by atoms with Crippen molar-refractivity contribution in [1.82, 2.24) is 25.1 Å². The molecule has 0 spiro atoms. The van der Waals surface area contributed by atoms with Crippen LogP contribution < -0.4 is 5.32 Å². The molecule has 1 amide bonds. The maximum absolute atomic E-state index is 12.8. The fraction of sp³-hybridized carbons (Fsp3) is 0.556. The van der Waals surface area contributed by atoms with Crippen molar-refractivity contribution in [2.75, 3.05) is 6.61 Å². The number of carbonyl (C=O) groups excluding carboxylic acids is 1. The van der Waals surface area contributed by atoms with Crippen LogP contribution in [0.4, 0.5) is 0 Å². The summed E-state index contributed by atoms with van der Waals surface area (Å²) >= 11 is 0. The van der Waals surface area contributed by atoms with Crippen molar-refractivity contribution in [3.05, 3.63) is 35.5 Å². The minimum Gasteiger partial charge on any atom is -0.394 e. The van der Waals surface area contributed by atoms with E-state index in [-0.39, 0.29) is 12.5 Å². The van der Waals surface area contributed by atoms with Crippen LogP contribution in [0.2, 0.25) is 0 Å². The minimum absolute atomic E-state index is 0.128. The molecule has 0 radical (unpaired) electrons. The minimum atomic E-state index is -0.686. The van der Waals surface area contributed by atoms with Gasteiger partial charge in [-0.05, 0) is 39.0 Å². The zero-order valence-electron chi connectivity index (χ0n) is 14.6. The van der Waals surface area contributed by atoms with Gasteiger partial charge in [-0.15, -0.1) is 0 Å². The average Bonchev–Trinajstić information content (AvgIpc) is 3.26. The van der Waals surface area contributed by atoms with Gasteiger partial charge in [0.25, 0.3) is 5.91 Å². The highest BCUT2D eigenvalue weighted by molar-refractivity contribution is 5.95. The van der Waals surface area contributed by atoms with Crippen LogP contribution in [0.25, 0.3) is 5.82 Å². The number of hydrogen-bond donors (Lipinski definition) is 2. The van der Waals surface area contributed by atoms with E-state index in [2.05, 4.69) is 20.4 Å². The number of amides is 1. The Balaban J connectivity index is 1.78. The number of hydrogen-bond acceptors (Lipinski definition) is 5. The smallest absolute Gasteiger partial charge is 0.272 e. The highest BCUT2D eigenvalue weighted by atomic mass is 16.3. The highest BCUT2D eigenvalue weighted by Crippen LogP contribution is 2.49. The van der Waals surface area contributed by atoms with Crippen LogP contribution in [-0.4, -0.2) is 42.9 Å². The molecule has 132 valence electrons. The lowest BCUT2D eigenvalue weighted by Crippen LogP contribution is -2.46. The maximum atomic E-state index is 12.8. The van der Waals surface area contributed by atoms with Gasteiger partial charge in [0.05, 0.1) is 24.0 Å². The van der Waals surface area contributed by atoms with Gasteiger partial charge in [0.15, 0.2) is 11.5 Å². The molecule has 2 aliphatic carbocycles. The largest absolute Gasteiger partial charge is 0.394 e. The van der Waals surface area contributed by atoms with Gasteiger partial charge in [0.2, 0.25) is 0 Å². The zero-order valence-corrected chi connectivity index (χ0v) is 14.6. The first-order valence-corrected chi connectivity index (χ1v) is 8.82. The molecule has 7 nitrogen and oxygen atoms in total. The highest BCUT2D eigenvalue weighted by Gasteiger charge is 2.43. The van der Waals surface area contributed by atoms with Gasteiger partial charge in [0.1, 0.15) is 0 Å². The summed E-state index contributed by atoms with van der Waals surface area (Å²) in [6.07, 6.45) is 9.38. The summed E-state index contributed by atoms with van der Waals surface area (Å²) in [7, 11) is 0. The first-order chi connectivity index (χ1) is 12.0. The van der Waals surface area contributed by atoms with E-state index in [1.54, 1.807) is 37.1 Å². The predicted molar refractivity (Wildman–Crippen MR) is 91.6 cm³/mol. The molecule has 2 aromatic rings. The third-order valence-electron chi connectivity index (χ3n) is 5.33. The van der Waals surface area contributed by atoms with Crippen LogP contribution in [0.3, 0.4) is 0 Å². The molecule has 0 aliphatic heterocycles. The lowest BCUT2D eigenvalue weighted by atomic mass is 9.99. The second kappa shape index (κ2) is 5.91. The first-order valence-electron chi connectivity index (χ1n) is 8.82. The molecule has 4 rings (SSSR count). The quantitative estimate of drug-likeness (QED) is 0.881. The summed E-state index contributed by atoms with van der Waals surface area (Å²) in [5.74, 6) is 1.44. The van der Waals surface area contributed by atoms with E-state index in [0.717, 1.165) is 24.1 Å². The number of aliphatic hydroxyl groups excluding tert-OH is 1. The Morgan fingerprint density at radius 2 is 2.24 bits per heavy atom. The molecule has 7 heteroatoms. The van der Waals surface area contributed by atoms with Crippen LogP contribution in [-0.2, 0) is 6.42 Å². The molecule has 2 aromatic heterocycles. The van der Waals surface area contributed by atoms with Crippen LogP contribution in [0, 0.1) is 5.92 Å². The van der Waals surface area contributed by atoms with Crippen LogP contribution in [0.15, 0.2) is 18.6 Å². The third kappa shape index (κ3) is 2.72. The van der Waals surface area contributed by atoms with Gasteiger partial charge in [0, 0.05) is 23.9 Å². The summed E-state index contributed by atoms with van der Waals surface area (Å²) < 4.78 is 1.80. The van der Waals surface area contributed by atoms with Crippen molar-refractivity contribution in [2.24, 2.45) is 5.92 Å². The van der Waals surface area contributed by atoms with E-state index in [0.29, 0.717) is 23.3 Å². The number of nitrogens with zero attached hydrogens (tertiary/aromatic N) is 4. The van der Waals surface area contributed by atoms with Crippen molar-refractivity contribution in [3.8, 4) is 5.82 Å². The fourth-order valence-electron chi connectivity index (χ4n) is 4.11. The fourth-order valence-corrected chi connectivity index (χ4v) is 4.11. The molecule has 2 heterocycles. The van der Waals surface area contributed by atoms with Crippen molar-refractivity contribution in [1.29, 1.82) is 0 Å². The van der Waals surface area contributed by atoms with Crippen molar-refractivity contribution in [2.45, 2.75) is 51.0 Å². The third-order valence-corrected chi connectivity index (χ3v) is 5.33. The molecule has 2 atom stereocenters. The number of nitrogens with one attached hydrogen (secondary N) is 1. The molecule has 25 heavy (non-hydrogen) atoms. The van der Waals surface area contributed by atoms with Crippen LogP contribution >= 0.6 is 0 Å². The Kier molecular flexibility index (Phi) is 3.83. The van der Waals surface area contributed by atoms with E-state index in [1.165, 1.54) is 12.8 Å². The second-order valence-corrected chi connectivity index (χ2v) is 7.69. The van der Waals surface area contributed by atoms with Crippen molar-refractivity contribution in [3.63, 3.8) is 0 Å². The topological polar surface area (TPSA) is 92.9 Å². The summed E-state index contributed by atoms with van der Waals surface area (Å²) in [6.45, 7) is 3.45. The molecular weight excluding hydrogens is 318 g/mol. The molecular formula is C18H23N5O2. The summed E-state index contributed by atoms with van der Waals surface area (Å²) in [5, 5.41) is 16.9. The molecule has 2 N–H and O–H groups in total. The average molecular weight is 341 g/mol. The Labute approximate surface area is 146 Å². The van der Waals surface area contributed by atoms with Crippen molar-refractivity contribution >= 4 is 5.91 Å². The number of fused-ring (bicyclic) bond motifs is 3. The van der Waals surface area contributed by atoms with Gasteiger partial charge in [-0.3, -0.25) is 9.78 Å². The Bertz CT molecular complexity index is 799. The van der Waals surface area contributed by atoms with Gasteiger partial charge >= 0.3 is 0 Å². The molecule has 2 aliphatic rings. The SMILES string of the molecule is CC(C)(CO)NC(=O)c1nn(-c2cnccn2)c2c1C[C@H]1CCC[C@@H]21. The van der Waals surface area contributed by atoms with E-state index in [4.69, 9.17) is 0 Å². The maximum Gasteiger partial charge on any atom is 0.272 e. The Hall–Kier alpha value is -2.28. The lowest BCUT2D eigenvalue weighted by molar-refractivity contribution is 0.0862. The van der Waals surface area contributed by atoms with E-state index < -0.39 is 5.54 Å². The first kappa shape index (κ1) is 16.2. The Morgan fingerprint density at radius 1 is 1.40 bits per heavy atom. The van der Waals surface area contributed by atoms with Crippen LogP contribution in [0.1, 0.15) is 60.8 Å². The summed E-state index contributed by atoms with van der Waals surface area (Å²) in [5.41, 5.74) is 1.92. The lowest BCUT2D eigenvalue weighted by Gasteiger charge is -2.23. The zero-order chi connectivity index (χ0) is 17.6. The van der Waals surface area contributed by atoms with E-state index in [9.17, 15) is 9.90 Å². The molecule has 1 fully saturated rings. The van der Waals surface area contributed by atoms with E-state index in [1.807, 2.05) is 0 Å². The molecule has 0 aromatic carbocycles. The number of aromatic nitrogens is 4. The monoisotopic (exact) mass is 341 g/mol. The van der Waals surface area contributed by atoms with Gasteiger partial charge in [-0.2, -0.15) is 5.10 Å². The molecule has 1 saturated carbocycles. The summed E-state index contributed by atoms with van der Waals surface area (Å²) in [4.78, 5) is 21.3. The van der Waals surface area contributed by atoms with Gasteiger partial charge < -0.3 is 10.4 Å². The predicted octanol–water partition coefficient (Wildman–Crippen LogP) is 1.60. The molecule has 0 unspecified atom stereocenters. The van der Waals surface area contributed by atoms with Crippen molar-refractivity contribution < 1.29 is 9.90 Å². The molecule has 0 bridgehead atoms. The number of carbonyl (C=O) groups is 1. The van der Waals surface area contributed by atoms with Gasteiger partial charge in [-0.1, -0.05) is 6.42 Å². The van der Waals surface area contributed by atoms with E-state index >= 15 is 0 Å². The summed E-state index contributed by atoms with van der Waals surface area (Å²) in [6, 6.07) is 0. The standard InChI is InChI=1S/C18H23N5O2/c1-18(2,10-24)21-17(25)15-13-8-11-4-3-5-12(11)16(13)23(22-15)14-9-19-6-7-20-14/h6-7,9,11-12,24H,3-5,8,10H2,1-2H3,(H,21,25)/t11-,12-/m1/s1. The number of aliphatic hydroxyl groups is 1. The van der Waals surface area contributed by atoms with Crippen LogP contribution in [0.5, 0.6) is 0 Å². The Morgan fingerprint density at radius 3 is 2.96 bits per heavy atom. The normalized spacial score (nSPS) is 21.9. The number of rotatable bonds is 4.